The van der Waals surface area contributed by atoms with Crippen LogP contribution in [0.25, 0.3) is 27.9 Å². The van der Waals surface area contributed by atoms with Crippen molar-refractivity contribution in [1.29, 1.82) is 0 Å². The highest BCUT2D eigenvalue weighted by Crippen LogP contribution is 2.37. The minimum Gasteiger partial charge on any atom is -0.353 e. The first-order valence-corrected chi connectivity index (χ1v) is 9.59. The Morgan fingerprint density at radius 1 is 1.19 bits per heavy atom. The highest BCUT2D eigenvalue weighted by Gasteiger charge is 2.22. The monoisotopic (exact) mass is 360 g/mol. The van der Waals surface area contributed by atoms with Gasteiger partial charge in [-0.25, -0.2) is 14.5 Å². The average Bonchev–Trinajstić information content (AvgIpc) is 3.26. The lowest BCUT2D eigenvalue weighted by atomic mass is 9.95. The maximum Gasteiger partial charge on any atom is 0.158 e. The van der Waals surface area contributed by atoms with Gasteiger partial charge in [-0.15, -0.1) is 0 Å². The second kappa shape index (κ2) is 5.89. The Balaban J connectivity index is 1.83. The first kappa shape index (κ1) is 16.4. The predicted octanol–water partition coefficient (Wildman–Crippen LogP) is 3.66. The minimum absolute atomic E-state index is 0.363. The van der Waals surface area contributed by atoms with Crippen LogP contribution >= 0.6 is 0 Å². The number of nitrogens with one attached hydrogen (secondary N) is 2. The van der Waals surface area contributed by atoms with E-state index in [1.165, 1.54) is 27.9 Å². The first-order valence-electron chi connectivity index (χ1n) is 9.59. The van der Waals surface area contributed by atoms with E-state index in [1.54, 1.807) is 6.33 Å². The Morgan fingerprint density at radius 2 is 2.04 bits per heavy atom. The molecule has 6 nitrogen and oxygen atoms in total. The summed E-state index contributed by atoms with van der Waals surface area (Å²) in [5, 5.41) is 7.80. The first-order chi connectivity index (χ1) is 13.0. The van der Waals surface area contributed by atoms with Crippen LogP contribution in [0.3, 0.4) is 0 Å². The van der Waals surface area contributed by atoms with Crippen molar-refractivity contribution in [1.82, 2.24) is 29.9 Å². The van der Waals surface area contributed by atoms with Gasteiger partial charge in [-0.3, -0.25) is 0 Å². The van der Waals surface area contributed by atoms with Crippen LogP contribution < -0.4 is 5.32 Å². The van der Waals surface area contributed by atoms with Crippen LogP contribution in [0, 0.1) is 13.8 Å². The van der Waals surface area contributed by atoms with Crippen molar-refractivity contribution in [2.24, 2.45) is 0 Å². The van der Waals surface area contributed by atoms with E-state index in [4.69, 9.17) is 4.98 Å². The van der Waals surface area contributed by atoms with Crippen molar-refractivity contribution >= 4 is 16.7 Å². The SMILES string of the molecule is Cc1c(-c2[nH]c3cc4c(nc3c2C(C)C)CNCC4)cn2ncnc2c1C. The van der Waals surface area contributed by atoms with E-state index >= 15 is 0 Å². The number of hydrogen-bond acceptors (Lipinski definition) is 4. The third kappa shape index (κ3) is 2.40. The van der Waals surface area contributed by atoms with E-state index in [-0.39, 0.29) is 0 Å². The van der Waals surface area contributed by atoms with Crippen molar-refractivity contribution in [2.45, 2.75) is 46.6 Å². The molecule has 0 aromatic carbocycles. The van der Waals surface area contributed by atoms with Crippen LogP contribution in [0.1, 0.15) is 47.7 Å². The number of nitrogens with zero attached hydrogens (tertiary/aromatic N) is 4. The molecule has 1 aliphatic heterocycles. The van der Waals surface area contributed by atoms with Gasteiger partial charge in [-0.2, -0.15) is 5.10 Å². The quantitative estimate of drug-likeness (QED) is 0.572. The molecule has 0 unspecified atom stereocenters. The van der Waals surface area contributed by atoms with E-state index < -0.39 is 0 Å². The zero-order valence-corrected chi connectivity index (χ0v) is 16.2. The van der Waals surface area contributed by atoms with Gasteiger partial charge in [0.15, 0.2) is 5.65 Å². The van der Waals surface area contributed by atoms with E-state index in [9.17, 15) is 0 Å². The van der Waals surface area contributed by atoms with E-state index in [2.05, 4.69) is 60.3 Å². The number of aryl methyl sites for hydroxylation is 1. The Morgan fingerprint density at radius 3 is 2.85 bits per heavy atom. The summed E-state index contributed by atoms with van der Waals surface area (Å²) in [7, 11) is 0. The molecule has 0 bridgehead atoms. The van der Waals surface area contributed by atoms with Crippen molar-refractivity contribution in [3.63, 3.8) is 0 Å². The minimum atomic E-state index is 0.363. The van der Waals surface area contributed by atoms with Gasteiger partial charge < -0.3 is 10.3 Å². The second-order valence-corrected chi connectivity index (χ2v) is 7.81. The zero-order chi connectivity index (χ0) is 18.7. The highest BCUT2D eigenvalue weighted by molar-refractivity contribution is 5.90. The van der Waals surface area contributed by atoms with Crippen LogP contribution in [0.15, 0.2) is 18.6 Å². The molecule has 2 N–H and O–H groups in total. The van der Waals surface area contributed by atoms with Gasteiger partial charge in [0.1, 0.15) is 6.33 Å². The normalized spacial score (nSPS) is 14.4. The van der Waals surface area contributed by atoms with Gasteiger partial charge in [-0.1, -0.05) is 13.8 Å². The number of aromatic amines is 1. The lowest BCUT2D eigenvalue weighted by molar-refractivity contribution is 0.630. The number of H-pyrrole nitrogens is 1. The topological polar surface area (TPSA) is 70.9 Å². The van der Waals surface area contributed by atoms with Crippen LogP contribution in [0.4, 0.5) is 0 Å². The van der Waals surface area contributed by atoms with E-state index in [0.29, 0.717) is 5.92 Å². The summed E-state index contributed by atoms with van der Waals surface area (Å²) in [4.78, 5) is 13.1. The molecule has 138 valence electrons. The van der Waals surface area contributed by atoms with Crippen molar-refractivity contribution in [3.8, 4) is 11.3 Å². The molecule has 5 rings (SSSR count). The number of aromatic nitrogens is 5. The molecule has 0 aliphatic carbocycles. The predicted molar refractivity (Wildman–Crippen MR) is 107 cm³/mol. The van der Waals surface area contributed by atoms with Crippen LogP contribution in [0.2, 0.25) is 0 Å². The molecule has 4 aromatic heterocycles. The van der Waals surface area contributed by atoms with E-state index in [0.717, 1.165) is 47.4 Å². The third-order valence-corrected chi connectivity index (χ3v) is 5.81. The third-order valence-electron chi connectivity index (χ3n) is 5.81. The van der Waals surface area contributed by atoms with Gasteiger partial charge >= 0.3 is 0 Å². The maximum atomic E-state index is 5.06. The van der Waals surface area contributed by atoms with Crippen LogP contribution in [0.5, 0.6) is 0 Å². The molecule has 0 saturated heterocycles. The van der Waals surface area contributed by atoms with Gasteiger partial charge in [0.25, 0.3) is 0 Å². The molecule has 0 amide bonds. The fraction of sp³-hybridized carbons (Fsp3) is 0.381. The van der Waals surface area contributed by atoms with Crippen molar-refractivity contribution in [3.05, 3.63) is 46.5 Å². The molecule has 27 heavy (non-hydrogen) atoms. The molecular weight excluding hydrogens is 336 g/mol. The molecule has 0 radical (unpaired) electrons. The fourth-order valence-electron chi connectivity index (χ4n) is 4.24. The smallest absolute Gasteiger partial charge is 0.158 e. The Labute approximate surface area is 158 Å². The highest BCUT2D eigenvalue weighted by atomic mass is 15.3. The summed E-state index contributed by atoms with van der Waals surface area (Å²) >= 11 is 0. The molecule has 6 heteroatoms. The van der Waals surface area contributed by atoms with Crippen LogP contribution in [-0.4, -0.2) is 31.1 Å². The molecular formula is C21H24N6. The number of fused-ring (bicyclic) bond motifs is 3. The molecule has 0 atom stereocenters. The molecule has 5 heterocycles. The van der Waals surface area contributed by atoms with Gasteiger partial charge in [-0.05, 0) is 55.5 Å². The number of pyridine rings is 2. The standard InChI is InChI=1S/C21H24N6/c1-11(2)18-19(15-9-27-21(23-10-24-27)13(4)12(15)3)25-16-7-14-5-6-22-8-17(14)26-20(16)18/h7,9-11,22,25H,5-6,8H2,1-4H3. The Bertz CT molecular complexity index is 1180. The number of rotatable bonds is 2. The molecule has 0 spiro atoms. The molecule has 1 aliphatic rings. The lowest BCUT2D eigenvalue weighted by Crippen LogP contribution is -2.24. The van der Waals surface area contributed by atoms with Gasteiger partial charge in [0.2, 0.25) is 0 Å². The van der Waals surface area contributed by atoms with Crippen molar-refractivity contribution < 1.29 is 0 Å². The average molecular weight is 360 g/mol. The summed E-state index contributed by atoms with van der Waals surface area (Å²) in [6.07, 6.45) is 4.73. The number of hydrogen-bond donors (Lipinski definition) is 2. The molecule has 4 aromatic rings. The van der Waals surface area contributed by atoms with Gasteiger partial charge in [0, 0.05) is 23.9 Å². The Kier molecular flexibility index (Phi) is 3.59. The molecule has 0 saturated carbocycles. The largest absolute Gasteiger partial charge is 0.353 e. The summed E-state index contributed by atoms with van der Waals surface area (Å²) in [5.41, 5.74) is 11.7. The Hall–Kier alpha value is -2.73. The summed E-state index contributed by atoms with van der Waals surface area (Å²) in [6.45, 7) is 10.6. The second-order valence-electron chi connectivity index (χ2n) is 7.81. The fourth-order valence-corrected chi connectivity index (χ4v) is 4.24. The molecule has 0 fully saturated rings. The van der Waals surface area contributed by atoms with Gasteiger partial charge in [0.05, 0.1) is 22.4 Å². The van der Waals surface area contributed by atoms with Crippen LogP contribution in [-0.2, 0) is 13.0 Å². The summed E-state index contributed by atoms with van der Waals surface area (Å²) in [5.74, 6) is 0.363. The maximum absolute atomic E-state index is 5.06. The zero-order valence-electron chi connectivity index (χ0n) is 16.2. The lowest BCUT2D eigenvalue weighted by Gasteiger charge is -2.16. The van der Waals surface area contributed by atoms with Crippen molar-refractivity contribution in [2.75, 3.05) is 6.54 Å². The summed E-state index contributed by atoms with van der Waals surface area (Å²) < 4.78 is 1.87. The summed E-state index contributed by atoms with van der Waals surface area (Å²) in [6, 6.07) is 2.30. The van der Waals surface area contributed by atoms with E-state index in [1.807, 2.05) is 4.52 Å².